The first-order chi connectivity index (χ1) is 11.0. The van der Waals surface area contributed by atoms with Gasteiger partial charge in [0.25, 0.3) is 5.91 Å². The standard InChI is InChI=1S/C17H20N4OS/c1-12-8-9-21(19-12)16-6-4-14(5-7-16)17(22)20(3)10-15-11-23-13(2)18-15/h4-7,11H,8-10H2,1-3H3. The van der Waals surface area contributed by atoms with Gasteiger partial charge >= 0.3 is 0 Å². The maximum absolute atomic E-state index is 12.5. The summed E-state index contributed by atoms with van der Waals surface area (Å²) in [4.78, 5) is 18.6. The minimum Gasteiger partial charge on any atom is -0.336 e. The molecule has 2 aromatic rings. The summed E-state index contributed by atoms with van der Waals surface area (Å²) in [5.74, 6) is 0.00306. The van der Waals surface area contributed by atoms with Crippen molar-refractivity contribution >= 4 is 28.6 Å². The summed E-state index contributed by atoms with van der Waals surface area (Å²) in [6.45, 7) is 5.44. The number of hydrazone groups is 1. The van der Waals surface area contributed by atoms with Crippen LogP contribution < -0.4 is 5.01 Å². The van der Waals surface area contributed by atoms with Gasteiger partial charge in [-0.2, -0.15) is 5.10 Å². The van der Waals surface area contributed by atoms with Gasteiger partial charge in [-0.1, -0.05) is 0 Å². The number of anilines is 1. The fourth-order valence-corrected chi connectivity index (χ4v) is 3.16. The summed E-state index contributed by atoms with van der Waals surface area (Å²) < 4.78 is 0. The first-order valence-corrected chi connectivity index (χ1v) is 8.49. The Labute approximate surface area is 140 Å². The highest BCUT2D eigenvalue weighted by molar-refractivity contribution is 7.09. The largest absolute Gasteiger partial charge is 0.336 e. The van der Waals surface area contributed by atoms with Crippen LogP contribution in [0, 0.1) is 6.92 Å². The van der Waals surface area contributed by atoms with E-state index in [1.165, 1.54) is 0 Å². The lowest BCUT2D eigenvalue weighted by molar-refractivity contribution is 0.0783. The van der Waals surface area contributed by atoms with Crippen LogP contribution in [0.2, 0.25) is 0 Å². The van der Waals surface area contributed by atoms with E-state index >= 15 is 0 Å². The van der Waals surface area contributed by atoms with Crippen LogP contribution in [0.4, 0.5) is 5.69 Å². The van der Waals surface area contributed by atoms with Crippen LogP contribution in [0.25, 0.3) is 0 Å². The normalized spacial score (nSPS) is 14.0. The Kier molecular flexibility index (Phi) is 4.43. The van der Waals surface area contributed by atoms with E-state index in [1.807, 2.05) is 48.5 Å². The topological polar surface area (TPSA) is 48.8 Å². The van der Waals surface area contributed by atoms with E-state index in [1.54, 1.807) is 23.3 Å². The van der Waals surface area contributed by atoms with E-state index in [0.717, 1.165) is 35.1 Å². The molecule has 1 aromatic carbocycles. The molecule has 0 saturated carbocycles. The van der Waals surface area contributed by atoms with Gasteiger partial charge in [0, 0.05) is 36.7 Å². The number of benzene rings is 1. The van der Waals surface area contributed by atoms with Crippen LogP contribution >= 0.6 is 11.3 Å². The molecule has 1 aliphatic rings. The third kappa shape index (κ3) is 3.59. The number of carbonyl (C=O) groups is 1. The summed E-state index contributed by atoms with van der Waals surface area (Å²) in [6, 6.07) is 7.64. The van der Waals surface area contributed by atoms with E-state index in [-0.39, 0.29) is 5.91 Å². The number of carbonyl (C=O) groups excluding carboxylic acids is 1. The van der Waals surface area contributed by atoms with Crippen molar-refractivity contribution < 1.29 is 4.79 Å². The van der Waals surface area contributed by atoms with Crippen molar-refractivity contribution in [2.24, 2.45) is 5.10 Å². The van der Waals surface area contributed by atoms with E-state index in [9.17, 15) is 4.79 Å². The molecule has 0 spiro atoms. The quantitative estimate of drug-likeness (QED) is 0.865. The zero-order valence-corrected chi connectivity index (χ0v) is 14.4. The smallest absolute Gasteiger partial charge is 0.253 e. The lowest BCUT2D eigenvalue weighted by Gasteiger charge is -2.17. The van der Waals surface area contributed by atoms with Crippen LogP contribution in [0.5, 0.6) is 0 Å². The van der Waals surface area contributed by atoms with E-state index < -0.39 is 0 Å². The van der Waals surface area contributed by atoms with E-state index in [0.29, 0.717) is 12.1 Å². The zero-order valence-electron chi connectivity index (χ0n) is 13.6. The van der Waals surface area contributed by atoms with Crippen molar-refractivity contribution in [2.75, 3.05) is 18.6 Å². The third-order valence-electron chi connectivity index (χ3n) is 3.80. The summed E-state index contributed by atoms with van der Waals surface area (Å²) >= 11 is 1.60. The molecule has 0 N–H and O–H groups in total. The lowest BCUT2D eigenvalue weighted by atomic mass is 10.1. The Hall–Kier alpha value is -2.21. The monoisotopic (exact) mass is 328 g/mol. The number of aromatic nitrogens is 1. The predicted molar refractivity (Wildman–Crippen MR) is 94.2 cm³/mol. The molecule has 23 heavy (non-hydrogen) atoms. The van der Waals surface area contributed by atoms with Crippen molar-refractivity contribution in [1.82, 2.24) is 9.88 Å². The van der Waals surface area contributed by atoms with Gasteiger partial charge < -0.3 is 4.90 Å². The molecular weight excluding hydrogens is 308 g/mol. The summed E-state index contributed by atoms with van der Waals surface area (Å²) in [5.41, 5.74) is 3.78. The molecule has 2 heterocycles. The maximum atomic E-state index is 12.5. The SMILES string of the molecule is CC1=NN(c2ccc(C(=O)N(C)Cc3csc(C)n3)cc2)CC1. The number of hydrogen-bond donors (Lipinski definition) is 0. The van der Waals surface area contributed by atoms with Crippen LogP contribution in [0.3, 0.4) is 0 Å². The highest BCUT2D eigenvalue weighted by Crippen LogP contribution is 2.20. The Balaban J connectivity index is 1.67. The Morgan fingerprint density at radius 3 is 2.61 bits per heavy atom. The van der Waals surface area contributed by atoms with Crippen LogP contribution in [-0.4, -0.2) is 35.1 Å². The lowest BCUT2D eigenvalue weighted by Crippen LogP contribution is -2.26. The third-order valence-corrected chi connectivity index (χ3v) is 4.62. The average Bonchev–Trinajstić information content (AvgIpc) is 3.15. The molecule has 1 amide bonds. The Morgan fingerprint density at radius 2 is 2.04 bits per heavy atom. The fourth-order valence-electron chi connectivity index (χ4n) is 2.55. The van der Waals surface area contributed by atoms with Gasteiger partial charge in [-0.3, -0.25) is 9.80 Å². The van der Waals surface area contributed by atoms with Crippen molar-refractivity contribution in [1.29, 1.82) is 0 Å². The summed E-state index contributed by atoms with van der Waals surface area (Å²) in [6.07, 6.45) is 0.997. The molecule has 1 aliphatic heterocycles. The molecule has 0 fully saturated rings. The number of hydrogen-bond acceptors (Lipinski definition) is 5. The Morgan fingerprint density at radius 1 is 1.30 bits per heavy atom. The molecule has 0 atom stereocenters. The number of nitrogens with zero attached hydrogens (tertiary/aromatic N) is 4. The Bertz CT molecular complexity index is 735. The van der Waals surface area contributed by atoms with Gasteiger partial charge in [-0.15, -0.1) is 11.3 Å². The number of amides is 1. The fraction of sp³-hybridized carbons (Fsp3) is 0.353. The van der Waals surface area contributed by atoms with Crippen LogP contribution in [-0.2, 0) is 6.54 Å². The van der Waals surface area contributed by atoms with E-state index in [4.69, 9.17) is 0 Å². The molecule has 5 nitrogen and oxygen atoms in total. The molecule has 3 rings (SSSR count). The minimum absolute atomic E-state index is 0.00306. The second-order valence-electron chi connectivity index (χ2n) is 5.77. The van der Waals surface area contributed by atoms with Crippen LogP contribution in [0.15, 0.2) is 34.7 Å². The molecule has 0 radical (unpaired) electrons. The van der Waals surface area contributed by atoms with Crippen molar-refractivity contribution in [3.8, 4) is 0 Å². The summed E-state index contributed by atoms with van der Waals surface area (Å²) in [5, 5.41) is 9.47. The van der Waals surface area contributed by atoms with Gasteiger partial charge in [-0.25, -0.2) is 4.98 Å². The molecule has 0 bridgehead atoms. The van der Waals surface area contributed by atoms with Gasteiger partial charge in [-0.05, 0) is 38.1 Å². The van der Waals surface area contributed by atoms with Gasteiger partial charge in [0.05, 0.1) is 22.9 Å². The highest BCUT2D eigenvalue weighted by atomic mass is 32.1. The van der Waals surface area contributed by atoms with Crippen LogP contribution in [0.1, 0.15) is 34.4 Å². The molecule has 0 aliphatic carbocycles. The molecule has 1 aromatic heterocycles. The number of thiazole rings is 1. The zero-order chi connectivity index (χ0) is 16.4. The highest BCUT2D eigenvalue weighted by Gasteiger charge is 2.16. The number of aryl methyl sites for hydroxylation is 1. The minimum atomic E-state index is 0.00306. The van der Waals surface area contributed by atoms with E-state index in [2.05, 4.69) is 10.1 Å². The second-order valence-corrected chi connectivity index (χ2v) is 6.84. The van der Waals surface area contributed by atoms with Gasteiger partial charge in [0.2, 0.25) is 0 Å². The predicted octanol–water partition coefficient (Wildman–Crippen LogP) is 3.31. The first-order valence-electron chi connectivity index (χ1n) is 7.61. The second kappa shape index (κ2) is 6.50. The summed E-state index contributed by atoms with van der Waals surface area (Å²) in [7, 11) is 1.80. The molecule has 0 saturated heterocycles. The first kappa shape index (κ1) is 15.7. The van der Waals surface area contributed by atoms with Crippen molar-refractivity contribution in [2.45, 2.75) is 26.8 Å². The van der Waals surface area contributed by atoms with Crippen molar-refractivity contribution in [3.05, 3.63) is 45.9 Å². The maximum Gasteiger partial charge on any atom is 0.253 e. The van der Waals surface area contributed by atoms with Gasteiger partial charge in [0.1, 0.15) is 0 Å². The number of rotatable bonds is 4. The molecule has 0 unspecified atom stereocenters. The molecule has 120 valence electrons. The molecule has 6 heteroatoms. The average molecular weight is 328 g/mol. The van der Waals surface area contributed by atoms with Gasteiger partial charge in [0.15, 0.2) is 0 Å². The van der Waals surface area contributed by atoms with Crippen molar-refractivity contribution in [3.63, 3.8) is 0 Å². The molecular formula is C17H20N4OS.